The number of rotatable bonds is 7. The minimum atomic E-state index is -3.62. The molecule has 0 bridgehead atoms. The monoisotopic (exact) mass is 299 g/mol. The van der Waals surface area contributed by atoms with Crippen molar-refractivity contribution in [3.05, 3.63) is 36.9 Å². The molecule has 0 aliphatic carbocycles. The second kappa shape index (κ2) is 6.92. The average molecular weight is 299 g/mol. The van der Waals surface area contributed by atoms with E-state index in [1.165, 1.54) is 6.07 Å². The molecule has 0 spiro atoms. The summed E-state index contributed by atoms with van der Waals surface area (Å²) in [6.45, 7) is 3.42. The molecule has 1 rings (SSSR count). The first kappa shape index (κ1) is 16.0. The Kier molecular flexibility index (Phi) is 5.53. The number of ether oxygens (including phenoxy) is 1. The lowest BCUT2D eigenvalue weighted by molar-refractivity contribution is -0.119. The van der Waals surface area contributed by atoms with Crippen molar-refractivity contribution in [2.75, 3.05) is 23.7 Å². The number of sulfonamides is 1. The zero-order chi connectivity index (χ0) is 15.2. The standard InChI is InChI=1S/C12H17N3O4S/c1-3-7-19-11-6-4-5-10(8-11)15(20(2,17)18)9-12(16)14-13/h3-6,8H,1,7,9,13H2,2H3,(H,14,16). The Morgan fingerprint density at radius 2 is 2.25 bits per heavy atom. The molecule has 0 saturated carbocycles. The number of benzene rings is 1. The second-order valence-electron chi connectivity index (χ2n) is 3.93. The number of carbonyl (C=O) groups is 1. The molecule has 0 heterocycles. The summed E-state index contributed by atoms with van der Waals surface area (Å²) in [7, 11) is -3.62. The highest BCUT2D eigenvalue weighted by atomic mass is 32.2. The number of hydrogen-bond donors (Lipinski definition) is 2. The van der Waals surface area contributed by atoms with Gasteiger partial charge >= 0.3 is 0 Å². The number of hydrazine groups is 1. The van der Waals surface area contributed by atoms with Crippen LogP contribution in [0.5, 0.6) is 5.75 Å². The quantitative estimate of drug-likeness (QED) is 0.319. The summed E-state index contributed by atoms with van der Waals surface area (Å²) >= 11 is 0. The molecular formula is C12H17N3O4S. The van der Waals surface area contributed by atoms with E-state index in [0.29, 0.717) is 18.0 Å². The molecule has 8 heteroatoms. The molecule has 1 amide bonds. The number of carbonyl (C=O) groups excluding carboxylic acids is 1. The third-order valence-corrected chi connectivity index (χ3v) is 3.46. The summed E-state index contributed by atoms with van der Waals surface area (Å²) in [6.07, 6.45) is 2.58. The average Bonchev–Trinajstić information content (AvgIpc) is 2.41. The lowest BCUT2D eigenvalue weighted by Crippen LogP contribution is -2.42. The maximum Gasteiger partial charge on any atom is 0.254 e. The van der Waals surface area contributed by atoms with E-state index in [2.05, 4.69) is 6.58 Å². The van der Waals surface area contributed by atoms with Gasteiger partial charge in [0, 0.05) is 6.07 Å². The van der Waals surface area contributed by atoms with Crippen LogP contribution in [0.25, 0.3) is 0 Å². The highest BCUT2D eigenvalue weighted by Crippen LogP contribution is 2.23. The predicted octanol–water partition coefficient (Wildman–Crippen LogP) is 0.00730. The second-order valence-corrected chi connectivity index (χ2v) is 5.84. The molecule has 7 nitrogen and oxygen atoms in total. The summed E-state index contributed by atoms with van der Waals surface area (Å²) in [4.78, 5) is 11.3. The maximum absolute atomic E-state index is 11.8. The van der Waals surface area contributed by atoms with Crippen LogP contribution in [0, 0.1) is 0 Å². The van der Waals surface area contributed by atoms with Gasteiger partial charge in [-0.05, 0) is 12.1 Å². The fraction of sp³-hybridized carbons (Fsp3) is 0.250. The fourth-order valence-electron chi connectivity index (χ4n) is 1.46. The molecule has 1 aromatic carbocycles. The van der Waals surface area contributed by atoms with Crippen LogP contribution in [0.4, 0.5) is 5.69 Å². The molecule has 0 unspecified atom stereocenters. The van der Waals surface area contributed by atoms with Gasteiger partial charge < -0.3 is 4.74 Å². The van der Waals surface area contributed by atoms with Crippen molar-refractivity contribution >= 4 is 21.6 Å². The minimum Gasteiger partial charge on any atom is -0.489 e. The highest BCUT2D eigenvalue weighted by molar-refractivity contribution is 7.92. The molecule has 1 aromatic rings. The summed E-state index contributed by atoms with van der Waals surface area (Å²) in [5.41, 5.74) is 2.21. The molecule has 0 aliphatic heterocycles. The van der Waals surface area contributed by atoms with Crippen molar-refractivity contribution in [1.82, 2.24) is 5.43 Å². The largest absolute Gasteiger partial charge is 0.489 e. The SMILES string of the molecule is C=CCOc1cccc(N(CC(=O)NN)S(C)(=O)=O)c1. The molecule has 0 atom stereocenters. The zero-order valence-electron chi connectivity index (χ0n) is 11.1. The molecular weight excluding hydrogens is 282 g/mol. The van der Waals surface area contributed by atoms with Crippen LogP contribution in [-0.2, 0) is 14.8 Å². The van der Waals surface area contributed by atoms with Gasteiger partial charge in [-0.3, -0.25) is 14.5 Å². The first-order valence-electron chi connectivity index (χ1n) is 5.69. The van der Waals surface area contributed by atoms with Gasteiger partial charge in [0.05, 0.1) is 11.9 Å². The molecule has 0 radical (unpaired) electrons. The minimum absolute atomic E-state index is 0.297. The Morgan fingerprint density at radius 1 is 1.55 bits per heavy atom. The van der Waals surface area contributed by atoms with Gasteiger partial charge in [-0.2, -0.15) is 0 Å². The van der Waals surface area contributed by atoms with Gasteiger partial charge in [-0.15, -0.1) is 0 Å². The van der Waals surface area contributed by atoms with Crippen molar-refractivity contribution < 1.29 is 17.9 Å². The molecule has 3 N–H and O–H groups in total. The topological polar surface area (TPSA) is 102 Å². The van der Waals surface area contributed by atoms with Crippen molar-refractivity contribution in [2.24, 2.45) is 5.84 Å². The van der Waals surface area contributed by atoms with E-state index in [0.717, 1.165) is 10.6 Å². The number of hydrogen-bond acceptors (Lipinski definition) is 5. The van der Waals surface area contributed by atoms with Crippen molar-refractivity contribution in [3.63, 3.8) is 0 Å². The van der Waals surface area contributed by atoms with Crippen LogP contribution >= 0.6 is 0 Å². The van der Waals surface area contributed by atoms with Crippen LogP contribution in [0.1, 0.15) is 0 Å². The third kappa shape index (κ3) is 4.56. The van der Waals surface area contributed by atoms with E-state index in [1.807, 2.05) is 5.43 Å². The molecule has 20 heavy (non-hydrogen) atoms. The van der Waals surface area contributed by atoms with Crippen LogP contribution in [-0.4, -0.2) is 33.7 Å². The Balaban J connectivity index is 3.07. The summed E-state index contributed by atoms with van der Waals surface area (Å²) in [5, 5.41) is 0. The Hall–Kier alpha value is -2.06. The Bertz CT molecular complexity index is 586. The number of nitrogens with zero attached hydrogens (tertiary/aromatic N) is 1. The van der Waals surface area contributed by atoms with Gasteiger partial charge in [-0.25, -0.2) is 14.3 Å². The van der Waals surface area contributed by atoms with Gasteiger partial charge in [0.15, 0.2) is 0 Å². The van der Waals surface area contributed by atoms with E-state index in [1.54, 1.807) is 24.3 Å². The summed E-state index contributed by atoms with van der Waals surface area (Å²) in [6, 6.07) is 6.39. The van der Waals surface area contributed by atoms with Crippen molar-refractivity contribution in [1.29, 1.82) is 0 Å². The van der Waals surface area contributed by atoms with Crippen molar-refractivity contribution in [3.8, 4) is 5.75 Å². The van der Waals surface area contributed by atoms with Crippen molar-refractivity contribution in [2.45, 2.75) is 0 Å². The Labute approximate surface area is 118 Å². The normalized spacial score (nSPS) is 10.7. The first-order chi connectivity index (χ1) is 9.38. The predicted molar refractivity (Wildman–Crippen MR) is 76.7 cm³/mol. The maximum atomic E-state index is 11.8. The van der Waals surface area contributed by atoms with Gasteiger partial charge in [0.1, 0.15) is 18.9 Å². The molecule has 110 valence electrons. The molecule has 0 fully saturated rings. The molecule has 0 aliphatic rings. The van der Waals surface area contributed by atoms with Crippen LogP contribution < -0.4 is 20.3 Å². The van der Waals surface area contributed by atoms with Crippen LogP contribution in [0.3, 0.4) is 0 Å². The van der Waals surface area contributed by atoms with E-state index in [4.69, 9.17) is 10.6 Å². The van der Waals surface area contributed by atoms with E-state index in [9.17, 15) is 13.2 Å². The molecule has 0 aromatic heterocycles. The summed E-state index contributed by atoms with van der Waals surface area (Å²) < 4.78 is 29.8. The number of nitrogens with two attached hydrogens (primary N) is 1. The van der Waals surface area contributed by atoms with Gasteiger partial charge in [-0.1, -0.05) is 18.7 Å². The van der Waals surface area contributed by atoms with E-state index >= 15 is 0 Å². The zero-order valence-corrected chi connectivity index (χ0v) is 11.9. The molecule has 0 saturated heterocycles. The van der Waals surface area contributed by atoms with Crippen LogP contribution in [0.2, 0.25) is 0 Å². The lowest BCUT2D eigenvalue weighted by Gasteiger charge is -2.21. The number of amides is 1. The smallest absolute Gasteiger partial charge is 0.254 e. The van der Waals surface area contributed by atoms with Gasteiger partial charge in [0.2, 0.25) is 10.0 Å². The highest BCUT2D eigenvalue weighted by Gasteiger charge is 2.20. The number of nitrogens with one attached hydrogen (secondary N) is 1. The first-order valence-corrected chi connectivity index (χ1v) is 7.54. The Morgan fingerprint density at radius 3 is 2.80 bits per heavy atom. The van der Waals surface area contributed by atoms with Gasteiger partial charge in [0.25, 0.3) is 5.91 Å². The summed E-state index contributed by atoms with van der Waals surface area (Å²) in [5.74, 6) is 4.84. The number of anilines is 1. The van der Waals surface area contributed by atoms with Crippen LogP contribution in [0.15, 0.2) is 36.9 Å². The lowest BCUT2D eigenvalue weighted by atomic mass is 10.3. The van der Waals surface area contributed by atoms with E-state index in [-0.39, 0.29) is 0 Å². The third-order valence-electron chi connectivity index (χ3n) is 2.32. The van der Waals surface area contributed by atoms with E-state index < -0.39 is 22.5 Å². The fourth-order valence-corrected chi connectivity index (χ4v) is 2.31.